The van der Waals surface area contributed by atoms with Gasteiger partial charge in [-0.1, -0.05) is 46.8 Å². The molecule has 4 atom stereocenters. The average molecular weight is 484 g/mol. The van der Waals surface area contributed by atoms with E-state index in [-0.39, 0.29) is 16.9 Å². The summed E-state index contributed by atoms with van der Waals surface area (Å²) in [5.41, 5.74) is 0.774. The number of ether oxygens (including phenoxy) is 1. The first kappa shape index (κ1) is 20.2. The molecule has 0 unspecified atom stereocenters. The Kier molecular flexibility index (Phi) is 4.86. The summed E-state index contributed by atoms with van der Waals surface area (Å²) in [4.78, 5) is 28.0. The fraction of sp³-hybridized carbons (Fsp3) is 0.348. The van der Waals surface area contributed by atoms with E-state index < -0.39 is 17.5 Å². The third-order valence-electron chi connectivity index (χ3n) is 6.78. The molecule has 3 heterocycles. The number of halogens is 1. The van der Waals surface area contributed by atoms with Gasteiger partial charge in [-0.25, -0.2) is 0 Å². The number of benzene rings is 2. The number of nitrogens with one attached hydrogen (secondary N) is 1. The zero-order valence-electron chi connectivity index (χ0n) is 16.8. The van der Waals surface area contributed by atoms with Crippen LogP contribution < -0.4 is 10.1 Å². The maximum atomic E-state index is 13.5. The number of rotatable bonds is 5. The van der Waals surface area contributed by atoms with E-state index in [2.05, 4.69) is 32.7 Å². The molecular formula is C23H22BrN3O4. The maximum absolute atomic E-state index is 13.5. The van der Waals surface area contributed by atoms with Crippen molar-refractivity contribution in [3.8, 4) is 5.75 Å². The number of hydrogen-bond acceptors (Lipinski definition) is 5. The highest BCUT2D eigenvalue weighted by atomic mass is 79.9. The van der Waals surface area contributed by atoms with Crippen molar-refractivity contribution < 1.29 is 14.5 Å². The van der Waals surface area contributed by atoms with E-state index in [9.17, 15) is 14.9 Å². The fourth-order valence-electron chi connectivity index (χ4n) is 5.81. The first-order chi connectivity index (χ1) is 15.0. The number of carbonyl (C=O) groups is 1. The largest absolute Gasteiger partial charge is 0.489 e. The Morgan fingerprint density at radius 1 is 1.35 bits per heavy atom. The highest BCUT2D eigenvalue weighted by Crippen LogP contribution is 2.59. The summed E-state index contributed by atoms with van der Waals surface area (Å²) in [7, 11) is 0. The number of nitrogens with zero attached hydrogens (tertiary/aromatic N) is 2. The molecule has 1 N–H and O–H groups in total. The number of nitro groups is 1. The number of para-hydroxylation sites is 1. The van der Waals surface area contributed by atoms with Crippen LogP contribution in [-0.4, -0.2) is 41.0 Å². The lowest BCUT2D eigenvalue weighted by Crippen LogP contribution is -2.55. The van der Waals surface area contributed by atoms with Crippen LogP contribution in [0, 0.1) is 10.1 Å². The summed E-state index contributed by atoms with van der Waals surface area (Å²) in [5.74, 6) is -0.212. The van der Waals surface area contributed by atoms with Crippen LogP contribution in [0.3, 0.4) is 0 Å². The van der Waals surface area contributed by atoms with Gasteiger partial charge >= 0.3 is 0 Å². The van der Waals surface area contributed by atoms with Crippen molar-refractivity contribution >= 4 is 27.5 Å². The molecule has 3 aliphatic rings. The Hall–Kier alpha value is -2.71. The van der Waals surface area contributed by atoms with Crippen molar-refractivity contribution in [2.75, 3.05) is 18.5 Å². The van der Waals surface area contributed by atoms with Gasteiger partial charge in [0, 0.05) is 38.8 Å². The van der Waals surface area contributed by atoms with Gasteiger partial charge in [0.1, 0.15) is 12.4 Å². The van der Waals surface area contributed by atoms with Crippen molar-refractivity contribution in [1.82, 2.24) is 4.90 Å². The SMILES string of the molecule is C=CCOc1ccc(Br)cc1[C@H]1[C@H]([N+](=O)[O-])[C@]2(C(=O)Nc3ccccc32)N2CCC[C@@H]12. The van der Waals surface area contributed by atoms with E-state index in [1.165, 1.54) is 0 Å². The average Bonchev–Trinajstić information content (AvgIpc) is 3.40. The van der Waals surface area contributed by atoms with Gasteiger partial charge in [-0.2, -0.15) is 0 Å². The molecule has 0 aromatic heterocycles. The number of hydrogen-bond donors (Lipinski definition) is 1. The first-order valence-corrected chi connectivity index (χ1v) is 11.1. The van der Waals surface area contributed by atoms with Crippen LogP contribution in [0.4, 0.5) is 5.69 Å². The van der Waals surface area contributed by atoms with Crippen LogP contribution in [0.5, 0.6) is 5.75 Å². The van der Waals surface area contributed by atoms with E-state index in [1.807, 2.05) is 42.5 Å². The summed E-state index contributed by atoms with van der Waals surface area (Å²) < 4.78 is 6.71. The molecule has 7 nitrogen and oxygen atoms in total. The molecule has 160 valence electrons. The lowest BCUT2D eigenvalue weighted by Gasteiger charge is -2.32. The van der Waals surface area contributed by atoms with Crippen LogP contribution in [0.25, 0.3) is 0 Å². The molecular weight excluding hydrogens is 462 g/mol. The number of carbonyl (C=O) groups excluding carboxylic acids is 1. The van der Waals surface area contributed by atoms with Crippen molar-refractivity contribution in [3.63, 3.8) is 0 Å². The van der Waals surface area contributed by atoms with Gasteiger partial charge in [0.15, 0.2) is 5.54 Å². The Morgan fingerprint density at radius 3 is 2.94 bits per heavy atom. The van der Waals surface area contributed by atoms with Crippen LogP contribution >= 0.6 is 15.9 Å². The van der Waals surface area contributed by atoms with Crippen molar-refractivity contribution in [1.29, 1.82) is 0 Å². The molecule has 2 aromatic rings. The normalized spacial score (nSPS) is 28.9. The molecule has 1 amide bonds. The maximum Gasteiger partial charge on any atom is 0.256 e. The number of anilines is 1. The summed E-state index contributed by atoms with van der Waals surface area (Å²) in [5, 5.41) is 15.6. The minimum Gasteiger partial charge on any atom is -0.489 e. The second kappa shape index (κ2) is 7.46. The Labute approximate surface area is 188 Å². The van der Waals surface area contributed by atoms with Crippen LogP contribution in [0.1, 0.15) is 29.9 Å². The zero-order chi connectivity index (χ0) is 21.8. The predicted molar refractivity (Wildman–Crippen MR) is 120 cm³/mol. The molecule has 3 aliphatic heterocycles. The summed E-state index contributed by atoms with van der Waals surface area (Å²) in [6.45, 7) is 4.65. The van der Waals surface area contributed by atoms with Gasteiger partial charge in [0.25, 0.3) is 11.9 Å². The van der Waals surface area contributed by atoms with Gasteiger partial charge in [0.2, 0.25) is 0 Å². The van der Waals surface area contributed by atoms with E-state index in [4.69, 9.17) is 4.74 Å². The Balaban J connectivity index is 1.74. The minimum absolute atomic E-state index is 0.132. The molecule has 2 saturated heterocycles. The number of amides is 1. The van der Waals surface area contributed by atoms with Gasteiger partial charge in [-0.05, 0) is 37.1 Å². The zero-order valence-corrected chi connectivity index (χ0v) is 18.4. The molecule has 0 aliphatic carbocycles. The topological polar surface area (TPSA) is 84.7 Å². The minimum atomic E-state index is -1.33. The van der Waals surface area contributed by atoms with E-state index >= 15 is 0 Å². The van der Waals surface area contributed by atoms with Crippen molar-refractivity contribution in [2.24, 2.45) is 0 Å². The second-order valence-corrected chi connectivity index (χ2v) is 9.12. The summed E-state index contributed by atoms with van der Waals surface area (Å²) in [6.07, 6.45) is 3.33. The summed E-state index contributed by atoms with van der Waals surface area (Å²) in [6, 6.07) is 11.6. The van der Waals surface area contributed by atoms with Gasteiger partial charge < -0.3 is 10.1 Å². The van der Waals surface area contributed by atoms with Crippen LogP contribution in [0.2, 0.25) is 0 Å². The lowest BCUT2D eigenvalue weighted by atomic mass is 9.77. The molecule has 0 radical (unpaired) electrons. The molecule has 2 fully saturated rings. The molecule has 5 rings (SSSR count). The third-order valence-corrected chi connectivity index (χ3v) is 7.28. The molecule has 8 heteroatoms. The third kappa shape index (κ3) is 2.78. The first-order valence-electron chi connectivity index (χ1n) is 10.3. The van der Waals surface area contributed by atoms with Gasteiger partial charge in [-0.15, -0.1) is 0 Å². The van der Waals surface area contributed by atoms with E-state index in [0.717, 1.165) is 22.9 Å². The van der Waals surface area contributed by atoms with Gasteiger partial charge in [-0.3, -0.25) is 19.8 Å². The van der Waals surface area contributed by atoms with Crippen molar-refractivity contribution in [3.05, 3.63) is 80.8 Å². The quantitative estimate of drug-likeness (QED) is 0.393. The molecule has 1 spiro atoms. The predicted octanol–water partition coefficient (Wildman–Crippen LogP) is 4.07. The lowest BCUT2D eigenvalue weighted by molar-refractivity contribution is -0.534. The highest BCUT2D eigenvalue weighted by Gasteiger charge is 2.73. The van der Waals surface area contributed by atoms with E-state index in [0.29, 0.717) is 30.2 Å². The molecule has 2 aromatic carbocycles. The standard InChI is InChI=1S/C23H22BrN3O4/c1-2-12-31-19-10-9-14(24)13-15(19)20-18-8-5-11-26(18)23(21(20)27(29)30)16-6-3-4-7-17(16)25-22(23)28/h2-4,6-7,9-10,13,18,20-21H,1,5,8,11-12H2,(H,25,28)/t18-,20+,21-,23+/m0/s1. The smallest absolute Gasteiger partial charge is 0.256 e. The van der Waals surface area contributed by atoms with E-state index in [1.54, 1.807) is 6.08 Å². The van der Waals surface area contributed by atoms with Crippen LogP contribution in [0.15, 0.2) is 59.6 Å². The Bertz CT molecular complexity index is 1090. The highest BCUT2D eigenvalue weighted by molar-refractivity contribution is 9.10. The fourth-order valence-corrected chi connectivity index (χ4v) is 6.19. The Morgan fingerprint density at radius 2 is 2.16 bits per heavy atom. The molecule has 0 bridgehead atoms. The summed E-state index contributed by atoms with van der Waals surface area (Å²) >= 11 is 3.52. The second-order valence-electron chi connectivity index (χ2n) is 8.21. The molecule has 31 heavy (non-hydrogen) atoms. The van der Waals surface area contributed by atoms with Gasteiger partial charge in [0.05, 0.1) is 5.92 Å². The number of fused-ring (bicyclic) bond motifs is 4. The van der Waals surface area contributed by atoms with Crippen LogP contribution in [-0.2, 0) is 10.3 Å². The monoisotopic (exact) mass is 483 g/mol. The van der Waals surface area contributed by atoms with Crippen molar-refractivity contribution in [2.45, 2.75) is 36.4 Å². The molecule has 0 saturated carbocycles.